The van der Waals surface area contributed by atoms with E-state index < -0.39 is 10.0 Å². The molecule has 0 atom stereocenters. The van der Waals surface area contributed by atoms with Crippen molar-refractivity contribution in [2.24, 2.45) is 0 Å². The van der Waals surface area contributed by atoms with Crippen molar-refractivity contribution in [3.05, 3.63) is 83.4 Å². The molecule has 0 aliphatic heterocycles. The number of benzene rings is 3. The van der Waals surface area contributed by atoms with Crippen LogP contribution < -0.4 is 14.8 Å². The van der Waals surface area contributed by atoms with Gasteiger partial charge in [-0.25, -0.2) is 8.42 Å². The van der Waals surface area contributed by atoms with Crippen molar-refractivity contribution in [2.45, 2.75) is 18.2 Å². The van der Waals surface area contributed by atoms with Gasteiger partial charge in [0.2, 0.25) is 0 Å². The van der Waals surface area contributed by atoms with Crippen molar-refractivity contribution < 1.29 is 27.5 Å². The van der Waals surface area contributed by atoms with E-state index >= 15 is 0 Å². The summed E-state index contributed by atoms with van der Waals surface area (Å²) in [5.74, 6) is -0.364. The fourth-order valence-electron chi connectivity index (χ4n) is 2.88. The zero-order valence-electron chi connectivity index (χ0n) is 18.3. The van der Waals surface area contributed by atoms with Crippen molar-refractivity contribution in [2.75, 3.05) is 23.3 Å². The van der Waals surface area contributed by atoms with Crippen molar-refractivity contribution in [3.63, 3.8) is 0 Å². The fourth-order valence-corrected chi connectivity index (χ4v) is 4.06. The Morgan fingerprint density at radius 1 is 0.882 bits per heavy atom. The van der Waals surface area contributed by atoms with E-state index in [0.717, 1.165) is 5.56 Å². The van der Waals surface area contributed by atoms with Gasteiger partial charge in [0, 0.05) is 16.4 Å². The summed E-state index contributed by atoms with van der Waals surface area (Å²) < 4.78 is 37.8. The number of anilines is 2. The predicted octanol–water partition coefficient (Wildman–Crippen LogP) is 4.26. The van der Waals surface area contributed by atoms with E-state index in [0.29, 0.717) is 28.8 Å². The Morgan fingerprint density at radius 2 is 1.50 bits per heavy atom. The number of halogens is 1. The molecule has 0 aliphatic carbocycles. The number of amides is 1. The van der Waals surface area contributed by atoms with Crippen molar-refractivity contribution in [1.82, 2.24) is 0 Å². The van der Waals surface area contributed by atoms with Gasteiger partial charge in [0.05, 0.1) is 17.9 Å². The minimum absolute atomic E-state index is 0.0437. The molecule has 2 N–H and O–H groups in total. The highest BCUT2D eigenvalue weighted by molar-refractivity contribution is 7.92. The molecular weight excluding hydrogens is 480 g/mol. The summed E-state index contributed by atoms with van der Waals surface area (Å²) in [7, 11) is -3.79. The monoisotopic (exact) mass is 502 g/mol. The second kappa shape index (κ2) is 11.5. The molecule has 0 saturated heterocycles. The Labute approximate surface area is 202 Å². The van der Waals surface area contributed by atoms with Crippen LogP contribution in [0.25, 0.3) is 0 Å². The molecule has 0 heterocycles. The van der Waals surface area contributed by atoms with Gasteiger partial charge in [-0.1, -0.05) is 23.7 Å². The summed E-state index contributed by atoms with van der Waals surface area (Å²) in [6, 6.07) is 18.8. The lowest BCUT2D eigenvalue weighted by Crippen LogP contribution is -2.20. The van der Waals surface area contributed by atoms with Crippen LogP contribution in [0.5, 0.6) is 5.75 Å². The van der Waals surface area contributed by atoms with Crippen molar-refractivity contribution in [1.29, 1.82) is 0 Å². The highest BCUT2D eigenvalue weighted by Crippen LogP contribution is 2.21. The minimum atomic E-state index is -3.79. The predicted molar refractivity (Wildman–Crippen MR) is 130 cm³/mol. The molecule has 0 fully saturated rings. The topological polar surface area (TPSA) is 111 Å². The van der Waals surface area contributed by atoms with Gasteiger partial charge in [-0.05, 0) is 73.2 Å². The van der Waals surface area contributed by atoms with E-state index in [-0.39, 0.29) is 29.8 Å². The molecule has 178 valence electrons. The summed E-state index contributed by atoms with van der Waals surface area (Å²) in [6.07, 6.45) is 0.159. The molecule has 3 rings (SSSR count). The van der Waals surface area contributed by atoms with E-state index in [1.165, 1.54) is 24.3 Å². The molecule has 34 heavy (non-hydrogen) atoms. The summed E-state index contributed by atoms with van der Waals surface area (Å²) >= 11 is 5.81. The molecule has 10 heteroatoms. The zero-order valence-corrected chi connectivity index (χ0v) is 19.9. The number of carbonyl (C=O) groups excluding carboxylic acids is 2. The van der Waals surface area contributed by atoms with Crippen molar-refractivity contribution >= 4 is 44.9 Å². The van der Waals surface area contributed by atoms with Crippen LogP contribution in [0.3, 0.4) is 0 Å². The average molecular weight is 503 g/mol. The van der Waals surface area contributed by atoms with E-state index in [9.17, 15) is 18.0 Å². The zero-order chi connectivity index (χ0) is 24.6. The lowest BCUT2D eigenvalue weighted by molar-refractivity contribution is -0.142. The van der Waals surface area contributed by atoms with Crippen LogP contribution in [-0.2, 0) is 30.8 Å². The first kappa shape index (κ1) is 25.1. The van der Waals surface area contributed by atoms with Crippen LogP contribution in [-0.4, -0.2) is 33.5 Å². The van der Waals surface area contributed by atoms with Gasteiger partial charge in [-0.2, -0.15) is 0 Å². The Kier molecular flexibility index (Phi) is 8.50. The number of carbonyl (C=O) groups is 2. The number of hydrogen-bond donors (Lipinski definition) is 2. The third kappa shape index (κ3) is 7.50. The highest BCUT2D eigenvalue weighted by Gasteiger charge is 2.14. The van der Waals surface area contributed by atoms with E-state index in [2.05, 4.69) is 10.0 Å². The highest BCUT2D eigenvalue weighted by atomic mass is 35.5. The maximum atomic E-state index is 12.5. The molecule has 0 bridgehead atoms. The number of esters is 1. The minimum Gasteiger partial charge on any atom is -0.484 e. The van der Waals surface area contributed by atoms with Crippen LogP contribution in [0.1, 0.15) is 12.5 Å². The maximum absolute atomic E-state index is 12.5. The molecule has 0 aliphatic rings. The molecule has 0 unspecified atom stereocenters. The van der Waals surface area contributed by atoms with Gasteiger partial charge >= 0.3 is 5.97 Å². The number of rotatable bonds is 10. The molecule has 0 radical (unpaired) electrons. The third-order valence-corrected chi connectivity index (χ3v) is 6.14. The maximum Gasteiger partial charge on any atom is 0.310 e. The molecule has 8 nitrogen and oxygen atoms in total. The number of sulfonamides is 1. The first-order valence-corrected chi connectivity index (χ1v) is 12.2. The van der Waals surface area contributed by atoms with Crippen molar-refractivity contribution in [3.8, 4) is 5.75 Å². The third-order valence-electron chi connectivity index (χ3n) is 4.49. The van der Waals surface area contributed by atoms with Gasteiger partial charge in [0.15, 0.2) is 6.61 Å². The number of ether oxygens (including phenoxy) is 2. The lowest BCUT2D eigenvalue weighted by Gasteiger charge is -2.10. The second-order valence-corrected chi connectivity index (χ2v) is 9.22. The Hall–Kier alpha value is -3.56. The molecule has 0 aromatic heterocycles. The molecule has 3 aromatic carbocycles. The Morgan fingerprint density at radius 3 is 2.12 bits per heavy atom. The molecule has 0 saturated carbocycles. The molecule has 1 amide bonds. The first-order chi connectivity index (χ1) is 16.2. The smallest absolute Gasteiger partial charge is 0.310 e. The van der Waals surface area contributed by atoms with E-state index in [1.807, 2.05) is 0 Å². The van der Waals surface area contributed by atoms with Gasteiger partial charge in [0.25, 0.3) is 15.9 Å². The van der Waals surface area contributed by atoms with Gasteiger partial charge in [-0.3, -0.25) is 14.3 Å². The van der Waals surface area contributed by atoms with E-state index in [1.54, 1.807) is 55.5 Å². The van der Waals surface area contributed by atoms with Gasteiger partial charge in [0.1, 0.15) is 5.75 Å². The number of nitrogens with one attached hydrogen (secondary N) is 2. The molecular formula is C24H23ClN2O6S. The van der Waals surface area contributed by atoms with Gasteiger partial charge < -0.3 is 14.8 Å². The normalized spacial score (nSPS) is 10.9. The fraction of sp³-hybridized carbons (Fsp3) is 0.167. The van der Waals surface area contributed by atoms with Crippen LogP contribution >= 0.6 is 11.6 Å². The standard InChI is InChI=1S/C24H23ClN2O6S/c1-2-32-24(29)15-17-3-7-19(8-4-17)26-23(28)16-33-21-11-13-22(14-12-21)34(30,31)27-20-9-5-18(25)6-10-20/h3-14,27H,2,15-16H2,1H3,(H,26,28). The second-order valence-electron chi connectivity index (χ2n) is 7.10. The molecule has 3 aromatic rings. The Balaban J connectivity index is 1.50. The summed E-state index contributed by atoms with van der Waals surface area (Å²) in [5, 5.41) is 3.19. The quantitative estimate of drug-likeness (QED) is 0.401. The van der Waals surface area contributed by atoms with Crippen LogP contribution in [0, 0.1) is 0 Å². The van der Waals surface area contributed by atoms with Crippen LogP contribution in [0.15, 0.2) is 77.7 Å². The lowest BCUT2D eigenvalue weighted by atomic mass is 10.1. The molecule has 0 spiro atoms. The van der Waals surface area contributed by atoms with Gasteiger partial charge in [-0.15, -0.1) is 0 Å². The summed E-state index contributed by atoms with van der Waals surface area (Å²) in [5.41, 5.74) is 1.71. The average Bonchev–Trinajstić information content (AvgIpc) is 2.81. The van der Waals surface area contributed by atoms with Crippen LogP contribution in [0.4, 0.5) is 11.4 Å². The number of hydrogen-bond acceptors (Lipinski definition) is 6. The SMILES string of the molecule is CCOC(=O)Cc1ccc(NC(=O)COc2ccc(S(=O)(=O)Nc3ccc(Cl)cc3)cc2)cc1. The van der Waals surface area contributed by atoms with E-state index in [4.69, 9.17) is 21.1 Å². The largest absolute Gasteiger partial charge is 0.484 e. The summed E-state index contributed by atoms with van der Waals surface area (Å²) in [4.78, 5) is 23.7. The first-order valence-electron chi connectivity index (χ1n) is 10.3. The Bertz CT molecular complexity index is 1230. The van der Waals surface area contributed by atoms with Crippen LogP contribution in [0.2, 0.25) is 5.02 Å². The summed E-state index contributed by atoms with van der Waals surface area (Å²) in [6.45, 7) is 1.81.